The summed E-state index contributed by atoms with van der Waals surface area (Å²) in [6.07, 6.45) is 0. The van der Waals surface area contributed by atoms with E-state index >= 15 is 0 Å². The van der Waals surface area contributed by atoms with E-state index in [1.807, 2.05) is 0 Å². The van der Waals surface area contributed by atoms with Gasteiger partial charge >= 0.3 is 59.1 Å². The summed E-state index contributed by atoms with van der Waals surface area (Å²) in [7, 11) is 0. The number of aryl methyl sites for hydroxylation is 2. The molecule has 0 aliphatic rings. The van der Waals surface area contributed by atoms with Crippen LogP contribution in [0.3, 0.4) is 0 Å². The Morgan fingerprint density at radius 3 is 1.10 bits per heavy atom. The van der Waals surface area contributed by atoms with Crippen LogP contribution in [-0.4, -0.2) is 59.1 Å². The van der Waals surface area contributed by atoms with E-state index in [0.29, 0.717) is 0 Å². The van der Waals surface area contributed by atoms with Crippen LogP contribution in [-0.2, 0) is 0 Å². The quantitative estimate of drug-likeness (QED) is 0.489. The molecule has 2 heteroatoms. The van der Waals surface area contributed by atoms with Gasteiger partial charge in [0.1, 0.15) is 0 Å². The second-order valence-electron chi connectivity index (χ2n) is 2.15. The van der Waals surface area contributed by atoms with Crippen LogP contribution in [0.1, 0.15) is 11.1 Å². The normalized spacial score (nSPS) is 7.40. The van der Waals surface area contributed by atoms with Crippen molar-refractivity contribution in [2.24, 2.45) is 0 Å². The Morgan fingerprint density at radius 2 is 0.900 bits per heavy atom. The summed E-state index contributed by atoms with van der Waals surface area (Å²) in [5.74, 6) is 0. The molecule has 1 aromatic carbocycles. The fourth-order valence-electron chi connectivity index (χ4n) is 0.637. The summed E-state index contributed by atoms with van der Waals surface area (Å²) >= 11 is 0. The van der Waals surface area contributed by atoms with Gasteiger partial charge in [-0.25, -0.2) is 0 Å². The average Bonchev–Trinajstić information content (AvgIpc) is 1.77. The van der Waals surface area contributed by atoms with Gasteiger partial charge in [-0.2, -0.15) is 0 Å². The zero-order chi connectivity index (χ0) is 5.98. The van der Waals surface area contributed by atoms with Crippen molar-refractivity contribution >= 4 is 59.1 Å². The van der Waals surface area contributed by atoms with Gasteiger partial charge < -0.3 is 0 Å². The molecule has 0 nitrogen and oxygen atoms in total. The SMILES string of the molecule is Cc1ccc(C)cc1.[NaH].[NaH]. The minimum absolute atomic E-state index is 0. The third-order valence-electron chi connectivity index (χ3n) is 1.22. The summed E-state index contributed by atoms with van der Waals surface area (Å²) in [6, 6.07) is 8.48. The number of hydrogen-bond donors (Lipinski definition) is 0. The van der Waals surface area contributed by atoms with Crippen molar-refractivity contribution in [2.45, 2.75) is 13.8 Å². The summed E-state index contributed by atoms with van der Waals surface area (Å²) in [4.78, 5) is 0. The van der Waals surface area contributed by atoms with E-state index in [2.05, 4.69) is 38.1 Å². The number of benzene rings is 1. The first-order valence-corrected chi connectivity index (χ1v) is 2.82. The predicted octanol–water partition coefficient (Wildman–Crippen LogP) is 1.01. The first kappa shape index (κ1) is 13.8. The molecule has 0 amide bonds. The molecule has 0 aliphatic carbocycles. The molecule has 0 heterocycles. The van der Waals surface area contributed by atoms with E-state index in [9.17, 15) is 0 Å². The molecule has 0 saturated heterocycles. The summed E-state index contributed by atoms with van der Waals surface area (Å²) in [5, 5.41) is 0. The van der Waals surface area contributed by atoms with Crippen LogP contribution in [0.4, 0.5) is 0 Å². The zero-order valence-corrected chi connectivity index (χ0v) is 5.31. The van der Waals surface area contributed by atoms with Crippen LogP contribution in [0.5, 0.6) is 0 Å². The summed E-state index contributed by atoms with van der Waals surface area (Å²) < 4.78 is 0. The maximum absolute atomic E-state index is 2.12. The first-order chi connectivity index (χ1) is 3.79. The molecule has 0 bridgehead atoms. The Morgan fingerprint density at radius 1 is 0.700 bits per heavy atom. The van der Waals surface area contributed by atoms with Crippen LogP contribution >= 0.6 is 0 Å². The molecule has 46 valence electrons. The van der Waals surface area contributed by atoms with E-state index in [-0.39, 0.29) is 59.1 Å². The topological polar surface area (TPSA) is 0 Å². The Balaban J connectivity index is 0. The molecule has 10 heavy (non-hydrogen) atoms. The zero-order valence-electron chi connectivity index (χ0n) is 5.31. The average molecular weight is 154 g/mol. The third-order valence-corrected chi connectivity index (χ3v) is 1.22. The van der Waals surface area contributed by atoms with Gasteiger partial charge in [0.15, 0.2) is 0 Å². The van der Waals surface area contributed by atoms with Crippen LogP contribution in [0, 0.1) is 13.8 Å². The molecule has 1 rings (SSSR count). The van der Waals surface area contributed by atoms with Gasteiger partial charge in [0, 0.05) is 0 Å². The van der Waals surface area contributed by atoms with Crippen LogP contribution in [0.25, 0.3) is 0 Å². The van der Waals surface area contributed by atoms with E-state index in [1.54, 1.807) is 0 Å². The Hall–Kier alpha value is 1.22. The Bertz CT molecular complexity index is 146. The molecule has 0 spiro atoms. The third kappa shape index (κ3) is 4.95. The fraction of sp³-hybridized carbons (Fsp3) is 0.250. The van der Waals surface area contributed by atoms with Crippen molar-refractivity contribution in [2.75, 3.05) is 0 Å². The van der Waals surface area contributed by atoms with Crippen molar-refractivity contribution in [3.05, 3.63) is 35.4 Å². The van der Waals surface area contributed by atoms with E-state index in [0.717, 1.165) is 0 Å². The van der Waals surface area contributed by atoms with Gasteiger partial charge in [0.25, 0.3) is 0 Å². The number of hydrogen-bond acceptors (Lipinski definition) is 0. The first-order valence-electron chi connectivity index (χ1n) is 2.82. The second-order valence-corrected chi connectivity index (χ2v) is 2.15. The fourth-order valence-corrected chi connectivity index (χ4v) is 0.637. The van der Waals surface area contributed by atoms with Gasteiger partial charge in [0.05, 0.1) is 0 Å². The van der Waals surface area contributed by atoms with Crippen LogP contribution < -0.4 is 0 Å². The Kier molecular flexibility index (Phi) is 9.51. The van der Waals surface area contributed by atoms with Gasteiger partial charge in [-0.15, -0.1) is 0 Å². The summed E-state index contributed by atoms with van der Waals surface area (Å²) in [5.41, 5.74) is 2.66. The van der Waals surface area contributed by atoms with Crippen molar-refractivity contribution in [1.82, 2.24) is 0 Å². The van der Waals surface area contributed by atoms with Gasteiger partial charge in [-0.1, -0.05) is 35.4 Å². The molecule has 0 atom stereocenters. The molecule has 0 N–H and O–H groups in total. The van der Waals surface area contributed by atoms with E-state index in [4.69, 9.17) is 0 Å². The molecular formula is C8H12Na2. The van der Waals surface area contributed by atoms with Gasteiger partial charge in [-0.3, -0.25) is 0 Å². The molecule has 0 saturated carbocycles. The van der Waals surface area contributed by atoms with Crippen molar-refractivity contribution in [3.63, 3.8) is 0 Å². The van der Waals surface area contributed by atoms with Crippen LogP contribution in [0.15, 0.2) is 24.3 Å². The van der Waals surface area contributed by atoms with E-state index in [1.165, 1.54) is 11.1 Å². The van der Waals surface area contributed by atoms with Crippen molar-refractivity contribution < 1.29 is 0 Å². The Labute approximate surface area is 107 Å². The van der Waals surface area contributed by atoms with Crippen molar-refractivity contribution in [1.29, 1.82) is 0 Å². The van der Waals surface area contributed by atoms with Crippen molar-refractivity contribution in [3.8, 4) is 0 Å². The maximum atomic E-state index is 2.12. The second kappa shape index (κ2) is 6.90. The van der Waals surface area contributed by atoms with Gasteiger partial charge in [0.2, 0.25) is 0 Å². The van der Waals surface area contributed by atoms with Crippen LogP contribution in [0.2, 0.25) is 0 Å². The summed E-state index contributed by atoms with van der Waals surface area (Å²) in [6.45, 7) is 4.19. The molecule has 1 aromatic rings. The molecular weight excluding hydrogens is 142 g/mol. The number of rotatable bonds is 0. The van der Waals surface area contributed by atoms with Gasteiger partial charge in [-0.05, 0) is 13.8 Å². The monoisotopic (exact) mass is 154 g/mol. The molecule has 0 unspecified atom stereocenters. The minimum atomic E-state index is 0. The molecule has 0 radical (unpaired) electrons. The predicted molar refractivity (Wildman–Crippen MR) is 50.2 cm³/mol. The molecule has 0 fully saturated rings. The molecule has 0 aromatic heterocycles. The molecule has 0 aliphatic heterocycles. The van der Waals surface area contributed by atoms with E-state index < -0.39 is 0 Å². The standard InChI is InChI=1S/C8H10.2Na.2H/c1-7-3-5-8(2)6-4-7;;;;/h3-6H,1-2H3;;;;.